The van der Waals surface area contributed by atoms with Crippen LogP contribution in [0.1, 0.15) is 18.5 Å². The predicted molar refractivity (Wildman–Crippen MR) is 121 cm³/mol. The third-order valence-corrected chi connectivity index (χ3v) is 6.09. The molecule has 8 nitrogen and oxygen atoms in total. The Morgan fingerprint density at radius 2 is 1.91 bits per heavy atom. The number of allylic oxidation sites excluding steroid dienone is 1. The normalized spacial score (nSPS) is 18.3. The molecule has 1 amide bonds. The van der Waals surface area contributed by atoms with Crippen molar-refractivity contribution in [2.24, 2.45) is 0 Å². The molecule has 1 saturated heterocycles. The number of fused-ring (bicyclic) bond motifs is 3. The molecule has 8 heteroatoms. The summed E-state index contributed by atoms with van der Waals surface area (Å²) in [5, 5.41) is 3.37. The maximum atomic E-state index is 13.8. The van der Waals surface area contributed by atoms with E-state index in [1.54, 1.807) is 14.2 Å². The SMILES string of the molecule is COc1ccc(C2C(C(=O)N3CCOCC3)=C(C)Nc3nc4ccccc4n32)c(OC)c1. The number of imidazole rings is 1. The number of benzene rings is 2. The van der Waals surface area contributed by atoms with Crippen molar-refractivity contribution in [2.45, 2.75) is 13.0 Å². The van der Waals surface area contributed by atoms with Crippen molar-refractivity contribution in [1.29, 1.82) is 0 Å². The van der Waals surface area contributed by atoms with Crippen LogP contribution in [0.2, 0.25) is 0 Å². The second-order valence-electron chi connectivity index (χ2n) is 7.87. The minimum absolute atomic E-state index is 0.00963. The first-order chi connectivity index (χ1) is 15.6. The Labute approximate surface area is 186 Å². The summed E-state index contributed by atoms with van der Waals surface area (Å²) in [5.41, 5.74) is 4.13. The van der Waals surface area contributed by atoms with E-state index in [0.717, 1.165) is 22.3 Å². The van der Waals surface area contributed by atoms with E-state index in [1.807, 2.05) is 54.3 Å². The molecule has 1 N–H and O–H groups in total. The molecule has 3 aromatic rings. The molecule has 2 aromatic carbocycles. The van der Waals surface area contributed by atoms with Gasteiger partial charge in [0.1, 0.15) is 11.5 Å². The number of anilines is 1. The first-order valence-corrected chi connectivity index (χ1v) is 10.7. The maximum Gasteiger partial charge on any atom is 0.254 e. The number of aromatic nitrogens is 2. The van der Waals surface area contributed by atoms with E-state index in [-0.39, 0.29) is 5.91 Å². The van der Waals surface area contributed by atoms with Gasteiger partial charge in [0.2, 0.25) is 5.95 Å². The van der Waals surface area contributed by atoms with Gasteiger partial charge in [-0.2, -0.15) is 0 Å². The highest BCUT2D eigenvalue weighted by atomic mass is 16.5. The predicted octanol–water partition coefficient (Wildman–Crippen LogP) is 3.20. The lowest BCUT2D eigenvalue weighted by atomic mass is 9.93. The van der Waals surface area contributed by atoms with Crippen molar-refractivity contribution >= 4 is 22.9 Å². The van der Waals surface area contributed by atoms with Gasteiger partial charge in [-0.25, -0.2) is 4.98 Å². The van der Waals surface area contributed by atoms with Crippen molar-refractivity contribution in [2.75, 3.05) is 45.8 Å². The fraction of sp³-hybridized carbons (Fsp3) is 0.333. The summed E-state index contributed by atoms with van der Waals surface area (Å²) in [4.78, 5) is 20.5. The van der Waals surface area contributed by atoms with Gasteiger partial charge in [-0.1, -0.05) is 12.1 Å². The molecule has 0 aliphatic carbocycles. The third kappa shape index (κ3) is 3.27. The third-order valence-electron chi connectivity index (χ3n) is 6.09. The maximum absolute atomic E-state index is 13.8. The second-order valence-corrected chi connectivity index (χ2v) is 7.87. The Balaban J connectivity index is 1.73. The molecule has 0 bridgehead atoms. The fourth-order valence-corrected chi connectivity index (χ4v) is 4.52. The number of nitrogens with one attached hydrogen (secondary N) is 1. The Hall–Kier alpha value is -3.52. The molecular weight excluding hydrogens is 408 g/mol. The molecule has 2 aliphatic rings. The van der Waals surface area contributed by atoms with E-state index in [0.29, 0.717) is 49.3 Å². The summed E-state index contributed by atoms with van der Waals surface area (Å²) in [6, 6.07) is 13.2. The number of para-hydroxylation sites is 2. The van der Waals surface area contributed by atoms with Crippen LogP contribution in [0.25, 0.3) is 11.0 Å². The van der Waals surface area contributed by atoms with Gasteiger partial charge in [-0.15, -0.1) is 0 Å². The molecule has 1 fully saturated rings. The number of hydrogen-bond acceptors (Lipinski definition) is 6. The van der Waals surface area contributed by atoms with Crippen LogP contribution in [0.5, 0.6) is 11.5 Å². The summed E-state index contributed by atoms with van der Waals surface area (Å²) in [6.07, 6.45) is 0. The highest BCUT2D eigenvalue weighted by Crippen LogP contribution is 2.43. The second kappa shape index (κ2) is 8.20. The molecule has 3 heterocycles. The number of amides is 1. The van der Waals surface area contributed by atoms with Crippen LogP contribution >= 0.6 is 0 Å². The number of carbonyl (C=O) groups is 1. The summed E-state index contributed by atoms with van der Waals surface area (Å²) in [5.74, 6) is 2.03. The summed E-state index contributed by atoms with van der Waals surface area (Å²) in [6.45, 7) is 4.15. The van der Waals surface area contributed by atoms with Crippen molar-refractivity contribution < 1.29 is 19.0 Å². The standard InChI is InChI=1S/C24H26N4O4/c1-15-21(23(29)27-10-12-32-13-11-27)22(17-9-8-16(30-2)14-20(17)31-3)28-19-7-5-4-6-18(19)26-24(28)25-15/h4-9,14,22H,10-13H2,1-3H3,(H,25,26). The Morgan fingerprint density at radius 1 is 1.12 bits per heavy atom. The van der Waals surface area contributed by atoms with Gasteiger partial charge in [0, 0.05) is 30.4 Å². The largest absolute Gasteiger partial charge is 0.497 e. The van der Waals surface area contributed by atoms with Crippen molar-refractivity contribution in [3.8, 4) is 11.5 Å². The lowest BCUT2D eigenvalue weighted by Crippen LogP contribution is -2.44. The van der Waals surface area contributed by atoms with Crippen LogP contribution in [-0.4, -0.2) is 60.9 Å². The lowest BCUT2D eigenvalue weighted by Gasteiger charge is -2.35. The number of methoxy groups -OCH3 is 2. The quantitative estimate of drug-likeness (QED) is 0.680. The van der Waals surface area contributed by atoms with Crippen molar-refractivity contribution in [3.05, 3.63) is 59.3 Å². The van der Waals surface area contributed by atoms with E-state index in [9.17, 15) is 4.79 Å². The number of morpholine rings is 1. The van der Waals surface area contributed by atoms with E-state index in [2.05, 4.69) is 9.88 Å². The first kappa shape index (κ1) is 20.4. The van der Waals surface area contributed by atoms with Gasteiger partial charge in [0.25, 0.3) is 5.91 Å². The molecular formula is C24H26N4O4. The molecule has 0 spiro atoms. The molecule has 166 valence electrons. The van der Waals surface area contributed by atoms with E-state index in [4.69, 9.17) is 19.2 Å². The molecule has 32 heavy (non-hydrogen) atoms. The van der Waals surface area contributed by atoms with Gasteiger partial charge in [0.15, 0.2) is 0 Å². The van der Waals surface area contributed by atoms with Crippen LogP contribution < -0.4 is 14.8 Å². The van der Waals surface area contributed by atoms with Gasteiger partial charge in [0.05, 0.1) is 50.1 Å². The molecule has 1 unspecified atom stereocenters. The zero-order valence-corrected chi connectivity index (χ0v) is 18.4. The molecule has 2 aliphatic heterocycles. The highest BCUT2D eigenvalue weighted by Gasteiger charge is 2.37. The lowest BCUT2D eigenvalue weighted by molar-refractivity contribution is -0.131. The monoisotopic (exact) mass is 434 g/mol. The van der Waals surface area contributed by atoms with Crippen molar-refractivity contribution in [1.82, 2.24) is 14.5 Å². The van der Waals surface area contributed by atoms with Crippen LogP contribution in [0.4, 0.5) is 5.95 Å². The minimum Gasteiger partial charge on any atom is -0.497 e. The molecule has 1 aromatic heterocycles. The number of hydrogen-bond donors (Lipinski definition) is 1. The summed E-state index contributed by atoms with van der Waals surface area (Å²) in [7, 11) is 3.25. The molecule has 0 radical (unpaired) electrons. The fourth-order valence-electron chi connectivity index (χ4n) is 4.52. The average molecular weight is 434 g/mol. The Kier molecular flexibility index (Phi) is 5.22. The minimum atomic E-state index is -0.408. The smallest absolute Gasteiger partial charge is 0.254 e. The highest BCUT2D eigenvalue weighted by molar-refractivity contribution is 5.98. The summed E-state index contributed by atoms with van der Waals surface area (Å²) >= 11 is 0. The number of rotatable bonds is 4. The van der Waals surface area contributed by atoms with Crippen molar-refractivity contribution in [3.63, 3.8) is 0 Å². The first-order valence-electron chi connectivity index (χ1n) is 10.7. The number of carbonyl (C=O) groups excluding carboxylic acids is 1. The number of ether oxygens (including phenoxy) is 3. The van der Waals surface area contributed by atoms with Crippen LogP contribution in [0.15, 0.2) is 53.7 Å². The van der Waals surface area contributed by atoms with E-state index >= 15 is 0 Å². The van der Waals surface area contributed by atoms with E-state index < -0.39 is 6.04 Å². The van der Waals surface area contributed by atoms with Crippen LogP contribution in [0.3, 0.4) is 0 Å². The molecule has 5 rings (SSSR count). The van der Waals surface area contributed by atoms with E-state index in [1.165, 1.54) is 0 Å². The zero-order chi connectivity index (χ0) is 22.2. The summed E-state index contributed by atoms with van der Waals surface area (Å²) < 4.78 is 18.7. The van der Waals surface area contributed by atoms with Gasteiger partial charge in [-0.3, -0.25) is 9.36 Å². The topological polar surface area (TPSA) is 77.9 Å². The molecule has 0 saturated carbocycles. The zero-order valence-electron chi connectivity index (χ0n) is 18.4. The van der Waals surface area contributed by atoms with Gasteiger partial charge in [-0.05, 0) is 31.2 Å². The van der Waals surface area contributed by atoms with Gasteiger partial charge < -0.3 is 24.4 Å². The molecule has 1 atom stereocenters. The Morgan fingerprint density at radius 3 is 2.66 bits per heavy atom. The van der Waals surface area contributed by atoms with Crippen LogP contribution in [-0.2, 0) is 9.53 Å². The van der Waals surface area contributed by atoms with Gasteiger partial charge >= 0.3 is 0 Å². The average Bonchev–Trinajstić information content (AvgIpc) is 3.20. The Bertz CT molecular complexity index is 1210. The van der Waals surface area contributed by atoms with Crippen LogP contribution in [0, 0.1) is 0 Å². The number of nitrogens with zero attached hydrogens (tertiary/aromatic N) is 3.